The highest BCUT2D eigenvalue weighted by molar-refractivity contribution is 7.19. The maximum absolute atomic E-state index is 13.5. The number of thiophene rings is 1. The average molecular weight is 384 g/mol. The van der Waals surface area contributed by atoms with E-state index in [2.05, 4.69) is 26.0 Å². The number of aryl methyl sites for hydroxylation is 4. The maximum Gasteiger partial charge on any atom is 0.263 e. The minimum absolute atomic E-state index is 0.180. The molecular formula is C21H25N3O2S. The van der Waals surface area contributed by atoms with Crippen LogP contribution in [0.3, 0.4) is 0 Å². The Morgan fingerprint density at radius 1 is 1.22 bits per heavy atom. The van der Waals surface area contributed by atoms with Crippen molar-refractivity contribution in [1.29, 1.82) is 0 Å². The first-order chi connectivity index (χ1) is 12.8. The lowest BCUT2D eigenvalue weighted by Crippen LogP contribution is -2.36. The Morgan fingerprint density at radius 3 is 2.48 bits per heavy atom. The Bertz CT molecular complexity index is 1090. The lowest BCUT2D eigenvalue weighted by molar-refractivity contribution is -0.121. The molecule has 1 aromatic carbocycles. The molecule has 0 saturated heterocycles. The first kappa shape index (κ1) is 19.3. The number of benzene rings is 1. The number of amides is 1. The van der Waals surface area contributed by atoms with Crippen molar-refractivity contribution in [3.05, 3.63) is 50.4 Å². The normalized spacial score (nSPS) is 12.5. The van der Waals surface area contributed by atoms with Gasteiger partial charge in [0.1, 0.15) is 16.7 Å². The molecule has 2 aromatic heterocycles. The SMILES string of the molecule is CCc1nc2sc(C)c(-c3ccc(C)c(C)c3)c2c(=O)n1C(CC)C(N)=O. The summed E-state index contributed by atoms with van der Waals surface area (Å²) in [5.74, 6) is 0.0983. The van der Waals surface area contributed by atoms with E-state index in [1.807, 2.05) is 26.8 Å². The zero-order valence-electron chi connectivity index (χ0n) is 16.4. The fourth-order valence-electron chi connectivity index (χ4n) is 3.54. The van der Waals surface area contributed by atoms with Crippen LogP contribution in [0, 0.1) is 20.8 Å². The molecule has 2 heterocycles. The summed E-state index contributed by atoms with van der Waals surface area (Å²) in [5.41, 5.74) is 9.70. The molecule has 1 unspecified atom stereocenters. The van der Waals surface area contributed by atoms with Crippen LogP contribution < -0.4 is 11.3 Å². The summed E-state index contributed by atoms with van der Waals surface area (Å²) in [4.78, 5) is 32.0. The molecule has 2 N–H and O–H groups in total. The highest BCUT2D eigenvalue weighted by atomic mass is 32.1. The molecule has 0 aliphatic rings. The second-order valence-corrected chi connectivity index (χ2v) is 8.10. The maximum atomic E-state index is 13.5. The van der Waals surface area contributed by atoms with Crippen LogP contribution in [0.5, 0.6) is 0 Å². The van der Waals surface area contributed by atoms with E-state index < -0.39 is 11.9 Å². The van der Waals surface area contributed by atoms with Gasteiger partial charge < -0.3 is 5.73 Å². The second kappa shape index (κ2) is 7.27. The van der Waals surface area contributed by atoms with Crippen molar-refractivity contribution < 1.29 is 4.79 Å². The van der Waals surface area contributed by atoms with E-state index in [0.29, 0.717) is 24.1 Å². The fraction of sp³-hybridized carbons (Fsp3) is 0.381. The minimum Gasteiger partial charge on any atom is -0.368 e. The summed E-state index contributed by atoms with van der Waals surface area (Å²) in [6.45, 7) is 9.93. The molecule has 0 fully saturated rings. The quantitative estimate of drug-likeness (QED) is 0.722. The number of primary amides is 1. The Morgan fingerprint density at radius 2 is 1.93 bits per heavy atom. The van der Waals surface area contributed by atoms with Crippen molar-refractivity contribution in [2.24, 2.45) is 5.73 Å². The van der Waals surface area contributed by atoms with Crippen LogP contribution in [-0.2, 0) is 11.2 Å². The molecule has 5 nitrogen and oxygen atoms in total. The number of carbonyl (C=O) groups is 1. The average Bonchev–Trinajstić information content (AvgIpc) is 2.95. The van der Waals surface area contributed by atoms with E-state index in [-0.39, 0.29) is 5.56 Å². The third-order valence-corrected chi connectivity index (χ3v) is 6.14. The molecule has 6 heteroatoms. The van der Waals surface area contributed by atoms with Gasteiger partial charge in [0.25, 0.3) is 5.56 Å². The van der Waals surface area contributed by atoms with E-state index in [9.17, 15) is 9.59 Å². The van der Waals surface area contributed by atoms with Crippen LogP contribution in [0.4, 0.5) is 0 Å². The van der Waals surface area contributed by atoms with Crippen LogP contribution in [0.15, 0.2) is 23.0 Å². The molecule has 0 aliphatic heterocycles. The molecule has 0 saturated carbocycles. The van der Waals surface area contributed by atoms with Gasteiger partial charge in [0, 0.05) is 16.9 Å². The van der Waals surface area contributed by atoms with Crippen LogP contribution in [-0.4, -0.2) is 15.5 Å². The molecule has 3 aromatic rings. The lowest BCUT2D eigenvalue weighted by Gasteiger charge is -2.18. The van der Waals surface area contributed by atoms with Crippen LogP contribution >= 0.6 is 11.3 Å². The third kappa shape index (κ3) is 3.18. The fourth-order valence-corrected chi connectivity index (χ4v) is 4.60. The van der Waals surface area contributed by atoms with Gasteiger partial charge in [0.15, 0.2) is 0 Å². The predicted molar refractivity (Wildman–Crippen MR) is 111 cm³/mol. The van der Waals surface area contributed by atoms with Crippen molar-refractivity contribution in [2.75, 3.05) is 0 Å². The first-order valence-electron chi connectivity index (χ1n) is 9.21. The van der Waals surface area contributed by atoms with Crippen molar-refractivity contribution in [3.8, 4) is 11.1 Å². The van der Waals surface area contributed by atoms with Gasteiger partial charge in [-0.1, -0.05) is 32.0 Å². The van der Waals surface area contributed by atoms with Gasteiger partial charge in [-0.05, 0) is 43.9 Å². The predicted octanol–water partition coefficient (Wildman–Crippen LogP) is 4.05. The smallest absolute Gasteiger partial charge is 0.263 e. The second-order valence-electron chi connectivity index (χ2n) is 6.90. The van der Waals surface area contributed by atoms with Crippen molar-refractivity contribution in [3.63, 3.8) is 0 Å². The van der Waals surface area contributed by atoms with Gasteiger partial charge in [-0.15, -0.1) is 11.3 Å². The van der Waals surface area contributed by atoms with E-state index in [0.717, 1.165) is 20.8 Å². The molecule has 3 rings (SSSR count). The molecule has 0 aliphatic carbocycles. The number of hydrogen-bond acceptors (Lipinski definition) is 4. The Kier molecular flexibility index (Phi) is 5.20. The molecule has 0 bridgehead atoms. The Hall–Kier alpha value is -2.47. The standard InChI is InChI=1S/C21H25N3O2S/c1-6-15(19(22)25)24-16(7-2)23-20-18(21(24)26)17(13(5)27-20)14-9-8-11(3)12(4)10-14/h8-10,15H,6-7H2,1-5H3,(H2,22,25). The van der Waals surface area contributed by atoms with Gasteiger partial charge in [0.2, 0.25) is 5.91 Å². The number of nitrogens with zero attached hydrogens (tertiary/aromatic N) is 2. The van der Waals surface area contributed by atoms with Crippen molar-refractivity contribution >= 4 is 27.5 Å². The summed E-state index contributed by atoms with van der Waals surface area (Å²) in [5, 5.41) is 0.581. The number of fused-ring (bicyclic) bond motifs is 1. The van der Waals surface area contributed by atoms with Crippen LogP contribution in [0.1, 0.15) is 48.1 Å². The Labute approximate surface area is 162 Å². The van der Waals surface area contributed by atoms with E-state index >= 15 is 0 Å². The summed E-state index contributed by atoms with van der Waals surface area (Å²) >= 11 is 1.52. The lowest BCUT2D eigenvalue weighted by atomic mass is 9.99. The van der Waals surface area contributed by atoms with Gasteiger partial charge in [-0.25, -0.2) is 4.98 Å². The summed E-state index contributed by atoms with van der Waals surface area (Å²) in [6, 6.07) is 5.53. The van der Waals surface area contributed by atoms with Gasteiger partial charge >= 0.3 is 0 Å². The van der Waals surface area contributed by atoms with Gasteiger partial charge in [-0.3, -0.25) is 14.2 Å². The van der Waals surface area contributed by atoms with Gasteiger partial charge in [0.05, 0.1) is 5.39 Å². The summed E-state index contributed by atoms with van der Waals surface area (Å²) < 4.78 is 1.50. The number of carbonyl (C=O) groups excluding carboxylic acids is 1. The molecule has 0 spiro atoms. The molecule has 1 amide bonds. The van der Waals surface area contributed by atoms with Crippen molar-refractivity contribution in [1.82, 2.24) is 9.55 Å². The summed E-state index contributed by atoms with van der Waals surface area (Å²) in [7, 11) is 0. The Balaban J connectivity index is 2.40. The van der Waals surface area contributed by atoms with E-state index in [1.165, 1.54) is 27.0 Å². The summed E-state index contributed by atoms with van der Waals surface area (Å²) in [6.07, 6.45) is 1.02. The van der Waals surface area contributed by atoms with Gasteiger partial charge in [-0.2, -0.15) is 0 Å². The van der Waals surface area contributed by atoms with Crippen LogP contribution in [0.2, 0.25) is 0 Å². The van der Waals surface area contributed by atoms with E-state index in [1.54, 1.807) is 0 Å². The minimum atomic E-state index is -0.683. The monoisotopic (exact) mass is 383 g/mol. The highest BCUT2D eigenvalue weighted by Gasteiger charge is 2.25. The molecule has 27 heavy (non-hydrogen) atoms. The zero-order valence-corrected chi connectivity index (χ0v) is 17.2. The topological polar surface area (TPSA) is 78.0 Å². The number of nitrogens with two attached hydrogens (primary N) is 1. The van der Waals surface area contributed by atoms with Crippen molar-refractivity contribution in [2.45, 2.75) is 53.5 Å². The number of hydrogen-bond donors (Lipinski definition) is 1. The molecular weight excluding hydrogens is 358 g/mol. The number of aromatic nitrogens is 2. The van der Waals surface area contributed by atoms with E-state index in [4.69, 9.17) is 10.7 Å². The van der Waals surface area contributed by atoms with Crippen LogP contribution in [0.25, 0.3) is 21.3 Å². The molecule has 142 valence electrons. The molecule has 1 atom stereocenters. The highest BCUT2D eigenvalue weighted by Crippen LogP contribution is 2.36. The number of rotatable bonds is 5. The largest absolute Gasteiger partial charge is 0.368 e. The first-order valence-corrected chi connectivity index (χ1v) is 10.0. The molecule has 0 radical (unpaired) electrons. The zero-order chi connectivity index (χ0) is 19.9. The third-order valence-electron chi connectivity index (χ3n) is 5.15.